The highest BCUT2D eigenvalue weighted by atomic mass is 16.4. The van der Waals surface area contributed by atoms with Crippen LogP contribution in [0.15, 0.2) is 24.3 Å². The Balaban J connectivity index is 0.00000914. The van der Waals surface area contributed by atoms with Gasteiger partial charge in [0, 0.05) is 58.8 Å². The van der Waals surface area contributed by atoms with Crippen molar-refractivity contribution in [1.82, 2.24) is 46.6 Å². The Morgan fingerprint density at radius 1 is 0.762 bits per heavy atom. The number of hydrogen-bond acceptors (Lipinski definition) is 18. The molecule has 26 nitrogen and oxygen atoms in total. The fourth-order valence-electron chi connectivity index (χ4n) is 10.9. The van der Waals surface area contributed by atoms with Gasteiger partial charge in [0.1, 0.15) is 36.3 Å². The molecule has 8 amide bonds. The van der Waals surface area contributed by atoms with E-state index >= 15 is 0 Å². The minimum absolute atomic E-state index is 0.00231. The summed E-state index contributed by atoms with van der Waals surface area (Å²) in [6, 6.07) is -6.05. The summed E-state index contributed by atoms with van der Waals surface area (Å²) in [5, 5.41) is 99.8. The Morgan fingerprint density at radius 2 is 1.40 bits per heavy atom. The summed E-state index contributed by atoms with van der Waals surface area (Å²) in [6.07, 6.45) is -1.01. The minimum atomic E-state index is -1.96. The van der Waals surface area contributed by atoms with Gasteiger partial charge in [-0.05, 0) is 89.1 Å². The molecule has 0 spiro atoms. The molecular weight excluding hydrogens is 1090 g/mol. The maximum Gasteiger partial charge on any atom is 0.488 e. The van der Waals surface area contributed by atoms with E-state index in [0.29, 0.717) is 43.3 Å². The molecule has 6 unspecified atom stereocenters. The normalized spacial score (nSPS) is 26.2. The second-order valence-corrected chi connectivity index (χ2v) is 23.3. The monoisotopic (exact) mass is 1190 g/mol. The number of nitrogens with one attached hydrogen (secondary N) is 6. The standard InChI is InChI=1S/C56H95BN10O15.CH4O/c1-7-33(2)27-34(3)15-12-10-8-9-11-13-16-47(74)60-40-30-44(71)41(31-59-24-14-25-65(5)6)62-54(78)50-43(70)23-26-66(50)55(79)39(21-22-46(58)73)61-53(77)49(45(72)28-36-17-19-37(20-18-36)57(81)82)64-52(76)42-29-38(69)32-67(42)56(80)48(35(4)68)63-51(40)75;1-2/h17-20,33-35,38-45,48-50,59,68-72,81-82H,7-16,21-32H2,1-6H3,(H2,58,73)(H,60,74)(H,61,77)(H,62,78)(H,63,75)(H,64,76);2H,1H3/t33-,34+,35+,38+,39?,40-,41+,42?,43-,44+,45?,48?,49?,50?;/m0./s1. The lowest BCUT2D eigenvalue weighted by molar-refractivity contribution is -0.146. The average Bonchev–Trinajstić information content (AvgIpc) is 3.48. The molecule has 0 bridgehead atoms. The Hall–Kier alpha value is -5.36. The third-order valence-corrected chi connectivity index (χ3v) is 15.9. The molecule has 3 heterocycles. The average molecular weight is 1190 g/mol. The molecule has 0 saturated carbocycles. The van der Waals surface area contributed by atoms with Crippen molar-refractivity contribution in [1.29, 1.82) is 0 Å². The van der Waals surface area contributed by atoms with Crippen LogP contribution in [-0.2, 0) is 44.8 Å². The van der Waals surface area contributed by atoms with Crippen molar-refractivity contribution < 1.29 is 79.0 Å². The van der Waals surface area contributed by atoms with Crippen LogP contribution in [0.1, 0.15) is 136 Å². The van der Waals surface area contributed by atoms with Crippen LogP contribution in [-0.4, -0.2) is 237 Å². The van der Waals surface area contributed by atoms with Gasteiger partial charge in [-0.2, -0.15) is 0 Å². The fraction of sp³-hybridized carbons (Fsp3) is 0.754. The van der Waals surface area contributed by atoms with Crippen molar-refractivity contribution in [2.75, 3.05) is 53.9 Å². The van der Waals surface area contributed by atoms with Gasteiger partial charge in [0.05, 0.1) is 36.6 Å². The molecule has 0 aliphatic carbocycles. The Labute approximate surface area is 494 Å². The van der Waals surface area contributed by atoms with E-state index in [9.17, 15) is 73.9 Å². The van der Waals surface area contributed by atoms with E-state index in [1.54, 1.807) is 0 Å². The molecule has 3 aliphatic heterocycles. The minimum Gasteiger partial charge on any atom is -0.423 e. The third-order valence-electron chi connectivity index (χ3n) is 15.9. The number of carbonyl (C=O) groups is 8. The number of aliphatic hydroxyl groups is 6. The predicted molar refractivity (Wildman–Crippen MR) is 313 cm³/mol. The SMILES string of the molecule is CC[C@H](C)C[C@H](C)CCCCCCCCC(=O)N[C@H]1C[C@@H](O)[C@@H](CNCCCN(C)C)NC(=O)C2[C@@H](O)CCN2C(=O)C(CCC(N)=O)NC(=O)C(C(O)Cc2ccc(B(O)O)cc2)NC(=O)C2C[C@@H](O)CN2C(=O)C([C@@H](C)O)NC1=O.CO. The van der Waals surface area contributed by atoms with Crippen molar-refractivity contribution >= 4 is 59.8 Å². The van der Waals surface area contributed by atoms with E-state index < -0.39 is 159 Å². The number of fused-ring (bicyclic) bond motifs is 2. The number of carbonyl (C=O) groups excluding carboxylic acids is 8. The Bertz CT molecular complexity index is 2230. The molecule has 1 aromatic carbocycles. The van der Waals surface area contributed by atoms with Crippen molar-refractivity contribution in [2.45, 2.75) is 210 Å². The first-order chi connectivity index (χ1) is 39.8. The molecule has 3 aliphatic rings. The van der Waals surface area contributed by atoms with Crippen molar-refractivity contribution in [3.05, 3.63) is 29.8 Å². The van der Waals surface area contributed by atoms with E-state index in [2.05, 4.69) is 52.7 Å². The molecule has 3 saturated heterocycles. The second kappa shape index (κ2) is 37.3. The molecule has 0 aromatic heterocycles. The summed E-state index contributed by atoms with van der Waals surface area (Å²) >= 11 is 0. The molecule has 84 heavy (non-hydrogen) atoms. The van der Waals surface area contributed by atoms with Crippen molar-refractivity contribution in [2.24, 2.45) is 17.6 Å². The highest BCUT2D eigenvalue weighted by Crippen LogP contribution is 2.25. The Kier molecular flexibility index (Phi) is 32.3. The largest absolute Gasteiger partial charge is 0.488 e. The number of amides is 8. The van der Waals surface area contributed by atoms with Crippen LogP contribution in [0, 0.1) is 11.8 Å². The van der Waals surface area contributed by atoms with Gasteiger partial charge in [0.15, 0.2) is 0 Å². The molecule has 4 rings (SSSR count). The van der Waals surface area contributed by atoms with E-state index in [4.69, 9.17) is 10.8 Å². The van der Waals surface area contributed by atoms with Gasteiger partial charge in [-0.3, -0.25) is 38.4 Å². The maximum atomic E-state index is 14.7. The number of nitrogens with two attached hydrogens (primary N) is 1. The van der Waals surface area contributed by atoms with Gasteiger partial charge in [-0.1, -0.05) is 90.0 Å². The van der Waals surface area contributed by atoms with Crippen LogP contribution in [0.3, 0.4) is 0 Å². The predicted octanol–water partition coefficient (Wildman–Crippen LogP) is -3.63. The number of unbranched alkanes of at least 4 members (excludes halogenated alkanes) is 5. The van der Waals surface area contributed by atoms with Crippen LogP contribution in [0.25, 0.3) is 0 Å². The zero-order valence-corrected chi connectivity index (χ0v) is 50.3. The summed E-state index contributed by atoms with van der Waals surface area (Å²) in [5.41, 5.74) is 5.95. The molecular formula is C57H99BN10O16. The lowest BCUT2D eigenvalue weighted by Gasteiger charge is -2.33. The first kappa shape index (κ1) is 72.9. The molecule has 476 valence electrons. The highest BCUT2D eigenvalue weighted by Gasteiger charge is 2.47. The molecule has 14 atom stereocenters. The zero-order chi connectivity index (χ0) is 62.8. The number of benzene rings is 1. The van der Waals surface area contributed by atoms with Gasteiger partial charge in [0.2, 0.25) is 47.3 Å². The lowest BCUT2D eigenvalue weighted by atomic mass is 9.80. The molecule has 1 aromatic rings. The molecule has 27 heteroatoms. The quantitative estimate of drug-likeness (QED) is 0.0299. The van der Waals surface area contributed by atoms with Crippen molar-refractivity contribution in [3.63, 3.8) is 0 Å². The van der Waals surface area contributed by atoms with Crippen LogP contribution >= 0.6 is 0 Å². The number of aliphatic hydroxyl groups excluding tert-OH is 6. The van der Waals surface area contributed by atoms with Crippen LogP contribution in [0.5, 0.6) is 0 Å². The maximum absolute atomic E-state index is 14.7. The number of primary amides is 1. The highest BCUT2D eigenvalue weighted by molar-refractivity contribution is 6.58. The van der Waals surface area contributed by atoms with Gasteiger partial charge < -0.3 is 93.0 Å². The Morgan fingerprint density at radius 3 is 2.02 bits per heavy atom. The zero-order valence-electron chi connectivity index (χ0n) is 50.3. The summed E-state index contributed by atoms with van der Waals surface area (Å²) in [5.74, 6) is -6.38. The van der Waals surface area contributed by atoms with E-state index in [1.807, 2.05) is 19.0 Å². The first-order valence-corrected chi connectivity index (χ1v) is 29.9. The smallest absolute Gasteiger partial charge is 0.423 e. The van der Waals surface area contributed by atoms with Gasteiger partial charge in [0.25, 0.3) is 0 Å². The fourth-order valence-corrected chi connectivity index (χ4v) is 10.9. The van der Waals surface area contributed by atoms with Crippen molar-refractivity contribution in [3.8, 4) is 0 Å². The summed E-state index contributed by atoms with van der Waals surface area (Å²) < 4.78 is 0. The van der Waals surface area contributed by atoms with E-state index in [1.165, 1.54) is 37.6 Å². The third kappa shape index (κ3) is 23.8. The molecule has 16 N–H and O–H groups in total. The number of hydrogen-bond donors (Lipinski definition) is 15. The number of rotatable bonds is 27. The van der Waals surface area contributed by atoms with Crippen LogP contribution in [0.4, 0.5) is 0 Å². The van der Waals surface area contributed by atoms with Crippen LogP contribution < -0.4 is 43.1 Å². The second-order valence-electron chi connectivity index (χ2n) is 23.3. The lowest BCUT2D eigenvalue weighted by Crippen LogP contribution is -2.62. The van der Waals surface area contributed by atoms with Gasteiger partial charge in [-0.15, -0.1) is 0 Å². The van der Waals surface area contributed by atoms with Gasteiger partial charge >= 0.3 is 7.12 Å². The summed E-state index contributed by atoms with van der Waals surface area (Å²) in [6.45, 7) is 8.16. The topological polar surface area (TPSA) is 406 Å². The van der Waals surface area contributed by atoms with E-state index in [-0.39, 0.29) is 37.8 Å². The molecule has 3 fully saturated rings. The summed E-state index contributed by atoms with van der Waals surface area (Å²) in [4.78, 5) is 117. The first-order valence-electron chi connectivity index (χ1n) is 29.9. The number of nitrogens with zero attached hydrogens (tertiary/aromatic N) is 3. The van der Waals surface area contributed by atoms with Gasteiger partial charge in [-0.25, -0.2) is 0 Å². The van der Waals surface area contributed by atoms with E-state index in [0.717, 1.165) is 61.9 Å². The molecule has 0 radical (unpaired) electrons. The van der Waals surface area contributed by atoms with Crippen LogP contribution in [0.2, 0.25) is 0 Å². The summed E-state index contributed by atoms with van der Waals surface area (Å²) in [7, 11) is 2.95.